The maximum Gasteiger partial charge on any atom is 0.236 e. The lowest BCUT2D eigenvalue weighted by molar-refractivity contribution is -0.134. The van der Waals surface area contributed by atoms with E-state index in [2.05, 4.69) is 5.16 Å². The van der Waals surface area contributed by atoms with Crippen LogP contribution in [-0.4, -0.2) is 35.4 Å². The van der Waals surface area contributed by atoms with E-state index in [0.717, 1.165) is 6.54 Å². The van der Waals surface area contributed by atoms with Gasteiger partial charge in [0, 0.05) is 13.6 Å². The summed E-state index contributed by atoms with van der Waals surface area (Å²) in [5.41, 5.74) is 4.89. The summed E-state index contributed by atoms with van der Waals surface area (Å²) in [7, 11) is 1.81. The van der Waals surface area contributed by atoms with Crippen molar-refractivity contribution >= 4 is 11.7 Å². The molecule has 0 atom stereocenters. The van der Waals surface area contributed by atoms with Crippen LogP contribution in [0.25, 0.3) is 0 Å². The second-order valence-electron chi connectivity index (χ2n) is 5.05. The standard InChI is InChI=1S/C11H19N3O2/c1-14(7-8-3-2-4-8)10(15)11(5-6-11)9(12)13-16/h8,16H,2-7H2,1H3,(H2,12,13). The average molecular weight is 225 g/mol. The van der Waals surface area contributed by atoms with Crippen LogP contribution in [0.4, 0.5) is 0 Å². The maximum absolute atomic E-state index is 12.2. The normalized spacial score (nSPS) is 23.7. The molecule has 0 aromatic heterocycles. The van der Waals surface area contributed by atoms with Crippen molar-refractivity contribution in [2.24, 2.45) is 22.2 Å². The number of nitrogens with zero attached hydrogens (tertiary/aromatic N) is 2. The number of oxime groups is 1. The summed E-state index contributed by atoms with van der Waals surface area (Å²) in [6.07, 6.45) is 5.12. The van der Waals surface area contributed by atoms with Crippen LogP contribution in [0.3, 0.4) is 0 Å². The Bertz CT molecular complexity index is 319. The fourth-order valence-electron chi connectivity index (χ4n) is 2.31. The molecule has 16 heavy (non-hydrogen) atoms. The molecule has 90 valence electrons. The Hall–Kier alpha value is -1.26. The van der Waals surface area contributed by atoms with E-state index in [-0.39, 0.29) is 11.7 Å². The number of hydrogen-bond acceptors (Lipinski definition) is 3. The van der Waals surface area contributed by atoms with Gasteiger partial charge in [-0.05, 0) is 31.6 Å². The maximum atomic E-state index is 12.2. The Morgan fingerprint density at radius 3 is 2.56 bits per heavy atom. The first kappa shape index (κ1) is 11.2. The van der Waals surface area contributed by atoms with Crippen LogP contribution in [0.2, 0.25) is 0 Å². The molecule has 0 aromatic rings. The number of nitrogens with two attached hydrogens (primary N) is 1. The van der Waals surface area contributed by atoms with Crippen molar-refractivity contribution in [3.8, 4) is 0 Å². The molecule has 3 N–H and O–H groups in total. The molecular formula is C11H19N3O2. The largest absolute Gasteiger partial charge is 0.409 e. The molecule has 2 fully saturated rings. The molecular weight excluding hydrogens is 206 g/mol. The monoisotopic (exact) mass is 225 g/mol. The molecule has 0 unspecified atom stereocenters. The smallest absolute Gasteiger partial charge is 0.236 e. The lowest BCUT2D eigenvalue weighted by Crippen LogP contribution is -2.44. The molecule has 2 rings (SSSR count). The molecule has 1 amide bonds. The van der Waals surface area contributed by atoms with Crippen molar-refractivity contribution < 1.29 is 10.0 Å². The van der Waals surface area contributed by atoms with Gasteiger partial charge in [-0.15, -0.1) is 0 Å². The predicted molar refractivity (Wildman–Crippen MR) is 60.1 cm³/mol. The topological polar surface area (TPSA) is 78.9 Å². The summed E-state index contributed by atoms with van der Waals surface area (Å²) in [6, 6.07) is 0. The number of amides is 1. The van der Waals surface area contributed by atoms with E-state index in [1.807, 2.05) is 7.05 Å². The molecule has 0 bridgehead atoms. The number of amidine groups is 1. The van der Waals surface area contributed by atoms with Crippen molar-refractivity contribution in [2.45, 2.75) is 32.1 Å². The highest BCUT2D eigenvalue weighted by Crippen LogP contribution is 2.47. The Morgan fingerprint density at radius 2 is 2.19 bits per heavy atom. The molecule has 2 aliphatic rings. The third-order valence-electron chi connectivity index (χ3n) is 3.86. The Balaban J connectivity index is 1.95. The zero-order chi connectivity index (χ0) is 11.8. The van der Waals surface area contributed by atoms with Gasteiger partial charge in [-0.25, -0.2) is 0 Å². The zero-order valence-corrected chi connectivity index (χ0v) is 9.65. The van der Waals surface area contributed by atoms with Gasteiger partial charge in [0.2, 0.25) is 5.91 Å². The van der Waals surface area contributed by atoms with Crippen LogP contribution in [0.15, 0.2) is 5.16 Å². The van der Waals surface area contributed by atoms with Gasteiger partial charge in [0.25, 0.3) is 0 Å². The van der Waals surface area contributed by atoms with Crippen LogP contribution in [0, 0.1) is 11.3 Å². The van der Waals surface area contributed by atoms with Crippen LogP contribution < -0.4 is 5.73 Å². The van der Waals surface area contributed by atoms with Gasteiger partial charge < -0.3 is 15.8 Å². The van der Waals surface area contributed by atoms with E-state index >= 15 is 0 Å². The Kier molecular flexibility index (Phi) is 2.78. The highest BCUT2D eigenvalue weighted by molar-refractivity contribution is 6.09. The summed E-state index contributed by atoms with van der Waals surface area (Å²) in [6.45, 7) is 0.805. The van der Waals surface area contributed by atoms with Crippen molar-refractivity contribution in [2.75, 3.05) is 13.6 Å². The Labute approximate surface area is 95.3 Å². The van der Waals surface area contributed by atoms with Gasteiger partial charge in [0.1, 0.15) is 5.41 Å². The third kappa shape index (κ3) is 1.74. The number of hydrogen-bond donors (Lipinski definition) is 2. The predicted octanol–water partition coefficient (Wildman–Crippen LogP) is 0.771. The van der Waals surface area contributed by atoms with E-state index < -0.39 is 5.41 Å². The molecule has 0 radical (unpaired) electrons. The van der Waals surface area contributed by atoms with Crippen molar-refractivity contribution in [3.05, 3.63) is 0 Å². The minimum absolute atomic E-state index is 0.00898. The highest BCUT2D eigenvalue weighted by Gasteiger charge is 2.55. The van der Waals surface area contributed by atoms with Crippen LogP contribution >= 0.6 is 0 Å². The minimum atomic E-state index is -0.687. The summed E-state index contributed by atoms with van der Waals surface area (Å²) >= 11 is 0. The van der Waals surface area contributed by atoms with Gasteiger partial charge in [-0.2, -0.15) is 0 Å². The number of rotatable bonds is 4. The summed E-state index contributed by atoms with van der Waals surface area (Å²) in [4.78, 5) is 13.9. The quantitative estimate of drug-likeness (QED) is 0.321. The van der Waals surface area contributed by atoms with Crippen molar-refractivity contribution in [3.63, 3.8) is 0 Å². The van der Waals surface area contributed by atoms with E-state index in [9.17, 15) is 4.79 Å². The van der Waals surface area contributed by atoms with E-state index in [4.69, 9.17) is 10.9 Å². The van der Waals surface area contributed by atoms with Gasteiger partial charge in [-0.1, -0.05) is 11.6 Å². The lowest BCUT2D eigenvalue weighted by Gasteiger charge is -2.31. The third-order valence-corrected chi connectivity index (χ3v) is 3.86. The molecule has 0 aromatic carbocycles. The molecule has 5 nitrogen and oxygen atoms in total. The van der Waals surface area contributed by atoms with Gasteiger partial charge in [-0.3, -0.25) is 4.79 Å². The molecule has 2 saturated carbocycles. The molecule has 0 heterocycles. The lowest BCUT2D eigenvalue weighted by atomic mass is 9.85. The van der Waals surface area contributed by atoms with Crippen molar-refractivity contribution in [1.29, 1.82) is 0 Å². The SMILES string of the molecule is CN(CC1CCC1)C(=O)C1(C(N)=NO)CC1. The van der Waals surface area contributed by atoms with E-state index in [1.54, 1.807) is 4.90 Å². The summed E-state index contributed by atoms with van der Waals surface area (Å²) in [5.74, 6) is 0.727. The summed E-state index contributed by atoms with van der Waals surface area (Å²) in [5, 5.41) is 11.7. The van der Waals surface area contributed by atoms with Crippen LogP contribution in [0.1, 0.15) is 32.1 Å². The Morgan fingerprint density at radius 1 is 1.56 bits per heavy atom. The minimum Gasteiger partial charge on any atom is -0.409 e. The van der Waals surface area contributed by atoms with Gasteiger partial charge >= 0.3 is 0 Å². The van der Waals surface area contributed by atoms with E-state index in [1.165, 1.54) is 19.3 Å². The first-order valence-electron chi connectivity index (χ1n) is 5.84. The molecule has 0 saturated heterocycles. The number of carbonyl (C=O) groups excluding carboxylic acids is 1. The van der Waals surface area contributed by atoms with Crippen molar-refractivity contribution in [1.82, 2.24) is 4.90 Å². The molecule has 0 spiro atoms. The molecule has 5 heteroatoms. The molecule has 0 aliphatic heterocycles. The van der Waals surface area contributed by atoms with Gasteiger partial charge in [0.05, 0.1) is 0 Å². The number of carbonyl (C=O) groups is 1. The molecule has 2 aliphatic carbocycles. The first-order valence-corrected chi connectivity index (χ1v) is 5.84. The van der Waals surface area contributed by atoms with Crippen LogP contribution in [-0.2, 0) is 4.79 Å². The average Bonchev–Trinajstić information content (AvgIpc) is 3.02. The fourth-order valence-corrected chi connectivity index (χ4v) is 2.31. The second-order valence-corrected chi connectivity index (χ2v) is 5.05. The fraction of sp³-hybridized carbons (Fsp3) is 0.818. The highest BCUT2D eigenvalue weighted by atomic mass is 16.4. The summed E-state index contributed by atoms with van der Waals surface area (Å²) < 4.78 is 0. The zero-order valence-electron chi connectivity index (χ0n) is 9.65. The van der Waals surface area contributed by atoms with Gasteiger partial charge in [0.15, 0.2) is 5.84 Å². The second kappa shape index (κ2) is 3.96. The van der Waals surface area contributed by atoms with Crippen LogP contribution in [0.5, 0.6) is 0 Å². The first-order chi connectivity index (χ1) is 7.60. The van der Waals surface area contributed by atoms with E-state index in [0.29, 0.717) is 18.8 Å².